The molecular formula is C17H25ClN2O. The Labute approximate surface area is 132 Å². The van der Waals surface area contributed by atoms with Crippen molar-refractivity contribution < 1.29 is 4.79 Å². The maximum atomic E-state index is 12.1. The van der Waals surface area contributed by atoms with E-state index in [-0.39, 0.29) is 11.9 Å². The number of benzene rings is 1. The molecule has 1 aromatic carbocycles. The first kappa shape index (κ1) is 16.3. The molecule has 116 valence electrons. The second-order valence-electron chi connectivity index (χ2n) is 6.53. The van der Waals surface area contributed by atoms with Gasteiger partial charge in [0.25, 0.3) is 0 Å². The van der Waals surface area contributed by atoms with Crippen LogP contribution < -0.4 is 5.32 Å². The van der Waals surface area contributed by atoms with Gasteiger partial charge in [-0.1, -0.05) is 30.3 Å². The van der Waals surface area contributed by atoms with E-state index in [2.05, 4.69) is 34.5 Å². The zero-order valence-corrected chi connectivity index (χ0v) is 13.7. The first-order chi connectivity index (χ1) is 10.0. The Hall–Kier alpha value is -1.06. The van der Waals surface area contributed by atoms with Crippen molar-refractivity contribution in [3.63, 3.8) is 0 Å². The van der Waals surface area contributed by atoms with Crippen molar-refractivity contribution >= 4 is 17.5 Å². The normalized spacial score (nSPS) is 17.7. The highest BCUT2D eigenvalue weighted by Crippen LogP contribution is 2.19. The Morgan fingerprint density at radius 1 is 1.29 bits per heavy atom. The number of nitrogens with one attached hydrogen (secondary N) is 1. The van der Waals surface area contributed by atoms with Crippen LogP contribution in [0.25, 0.3) is 0 Å². The quantitative estimate of drug-likeness (QED) is 0.848. The highest BCUT2D eigenvalue weighted by Gasteiger charge is 2.29. The van der Waals surface area contributed by atoms with Crippen LogP contribution in [0.2, 0.25) is 0 Å². The lowest BCUT2D eigenvalue weighted by molar-refractivity contribution is -0.129. The van der Waals surface area contributed by atoms with Crippen LogP contribution in [-0.2, 0) is 11.3 Å². The van der Waals surface area contributed by atoms with Crippen LogP contribution in [-0.4, -0.2) is 35.8 Å². The topological polar surface area (TPSA) is 32.3 Å². The number of nitrogens with zero attached hydrogens (tertiary/aromatic N) is 1. The molecule has 1 heterocycles. The van der Waals surface area contributed by atoms with Crippen molar-refractivity contribution in [1.29, 1.82) is 0 Å². The van der Waals surface area contributed by atoms with Gasteiger partial charge in [-0.2, -0.15) is 0 Å². The Kier molecular flexibility index (Phi) is 5.65. The standard InChI is InChI=1S/C17H25ClN2O/c1-17(2,13-18)16(21)19-15-8-10-20(11-9-15)12-14-6-4-3-5-7-14/h3-7,15H,8-13H2,1-2H3,(H,19,21). The molecule has 0 unspecified atom stereocenters. The minimum Gasteiger partial charge on any atom is -0.353 e. The first-order valence-corrected chi connectivity index (χ1v) is 8.18. The SMILES string of the molecule is CC(C)(CCl)C(=O)NC1CCN(Cc2ccccc2)CC1. The largest absolute Gasteiger partial charge is 0.353 e. The number of carbonyl (C=O) groups is 1. The second-order valence-corrected chi connectivity index (χ2v) is 6.79. The molecule has 3 nitrogen and oxygen atoms in total. The van der Waals surface area contributed by atoms with E-state index in [1.165, 1.54) is 5.56 Å². The fourth-order valence-electron chi connectivity index (χ4n) is 2.52. The summed E-state index contributed by atoms with van der Waals surface area (Å²) in [4.78, 5) is 14.6. The van der Waals surface area contributed by atoms with Crippen LogP contribution in [0, 0.1) is 5.41 Å². The molecule has 0 aliphatic carbocycles. The molecule has 1 amide bonds. The number of hydrogen-bond donors (Lipinski definition) is 1. The molecule has 0 spiro atoms. The van der Waals surface area contributed by atoms with Crippen molar-refractivity contribution in [1.82, 2.24) is 10.2 Å². The molecule has 1 N–H and O–H groups in total. The summed E-state index contributed by atoms with van der Waals surface area (Å²) in [6, 6.07) is 10.8. The molecule has 2 rings (SSSR count). The van der Waals surface area contributed by atoms with Crippen molar-refractivity contribution in [3.05, 3.63) is 35.9 Å². The minimum absolute atomic E-state index is 0.0685. The molecule has 1 fully saturated rings. The van der Waals surface area contributed by atoms with E-state index in [1.807, 2.05) is 19.9 Å². The summed E-state index contributed by atoms with van der Waals surface area (Å²) in [5, 5.41) is 3.14. The molecule has 1 aromatic rings. The summed E-state index contributed by atoms with van der Waals surface area (Å²) < 4.78 is 0. The third-order valence-electron chi connectivity index (χ3n) is 4.12. The molecule has 0 atom stereocenters. The maximum absolute atomic E-state index is 12.1. The molecule has 1 aliphatic heterocycles. The predicted octanol–water partition coefficient (Wildman–Crippen LogP) is 3.03. The van der Waals surface area contributed by atoms with E-state index >= 15 is 0 Å². The molecule has 1 aliphatic rings. The van der Waals surface area contributed by atoms with Gasteiger partial charge in [-0.15, -0.1) is 11.6 Å². The lowest BCUT2D eigenvalue weighted by Gasteiger charge is -2.34. The highest BCUT2D eigenvalue weighted by molar-refractivity contribution is 6.19. The van der Waals surface area contributed by atoms with E-state index in [4.69, 9.17) is 11.6 Å². The van der Waals surface area contributed by atoms with Gasteiger partial charge in [0.15, 0.2) is 0 Å². The average molecular weight is 309 g/mol. The van der Waals surface area contributed by atoms with E-state index < -0.39 is 5.41 Å². The summed E-state index contributed by atoms with van der Waals surface area (Å²) in [7, 11) is 0. The summed E-state index contributed by atoms with van der Waals surface area (Å²) in [6.45, 7) is 6.83. The van der Waals surface area contributed by atoms with Gasteiger partial charge >= 0.3 is 0 Å². The number of rotatable bonds is 5. The zero-order valence-electron chi connectivity index (χ0n) is 12.9. The third-order valence-corrected chi connectivity index (χ3v) is 4.79. The van der Waals surface area contributed by atoms with Crippen molar-refractivity contribution in [2.75, 3.05) is 19.0 Å². The van der Waals surface area contributed by atoms with Crippen LogP contribution in [0.5, 0.6) is 0 Å². The molecule has 4 heteroatoms. The van der Waals surface area contributed by atoms with Crippen LogP contribution in [0.4, 0.5) is 0 Å². The molecule has 21 heavy (non-hydrogen) atoms. The first-order valence-electron chi connectivity index (χ1n) is 7.64. The van der Waals surface area contributed by atoms with Crippen LogP contribution in [0.3, 0.4) is 0 Å². The van der Waals surface area contributed by atoms with Crippen molar-refractivity contribution in [2.45, 2.75) is 39.3 Å². The van der Waals surface area contributed by atoms with Gasteiger partial charge in [0.2, 0.25) is 5.91 Å². The monoisotopic (exact) mass is 308 g/mol. The van der Waals surface area contributed by atoms with Crippen LogP contribution in [0.15, 0.2) is 30.3 Å². The van der Waals surface area contributed by atoms with E-state index in [9.17, 15) is 4.79 Å². The second kappa shape index (κ2) is 7.28. The van der Waals surface area contributed by atoms with Gasteiger partial charge in [-0.3, -0.25) is 9.69 Å². The number of halogens is 1. The maximum Gasteiger partial charge on any atom is 0.227 e. The summed E-state index contributed by atoms with van der Waals surface area (Å²) in [5.41, 5.74) is 0.867. The highest BCUT2D eigenvalue weighted by atomic mass is 35.5. The summed E-state index contributed by atoms with van der Waals surface area (Å²) >= 11 is 5.85. The van der Waals surface area contributed by atoms with E-state index in [1.54, 1.807) is 0 Å². The molecule has 1 saturated heterocycles. The van der Waals surface area contributed by atoms with Crippen molar-refractivity contribution in [2.24, 2.45) is 5.41 Å². The fourth-order valence-corrected chi connectivity index (χ4v) is 2.64. The Morgan fingerprint density at radius 3 is 2.48 bits per heavy atom. The van der Waals surface area contributed by atoms with Gasteiger partial charge in [0.1, 0.15) is 0 Å². The Morgan fingerprint density at radius 2 is 1.90 bits per heavy atom. The lowest BCUT2D eigenvalue weighted by atomic mass is 9.93. The Bertz CT molecular complexity index is 453. The third kappa shape index (κ3) is 4.72. The van der Waals surface area contributed by atoms with Gasteiger partial charge in [0.05, 0.1) is 5.41 Å². The van der Waals surface area contributed by atoms with E-state index in [0.29, 0.717) is 5.88 Å². The number of piperidine rings is 1. The van der Waals surface area contributed by atoms with Crippen molar-refractivity contribution in [3.8, 4) is 0 Å². The number of likely N-dealkylation sites (tertiary alicyclic amines) is 1. The lowest BCUT2D eigenvalue weighted by Crippen LogP contribution is -2.48. The molecule has 0 radical (unpaired) electrons. The van der Waals surface area contributed by atoms with E-state index in [0.717, 1.165) is 32.5 Å². The van der Waals surface area contributed by atoms with Gasteiger partial charge < -0.3 is 5.32 Å². The van der Waals surface area contributed by atoms with Gasteiger partial charge in [-0.25, -0.2) is 0 Å². The zero-order chi connectivity index (χ0) is 15.3. The van der Waals surface area contributed by atoms with Gasteiger partial charge in [-0.05, 0) is 32.3 Å². The molecule has 0 aromatic heterocycles. The number of carbonyl (C=O) groups excluding carboxylic acids is 1. The minimum atomic E-state index is -0.483. The number of amides is 1. The molecule has 0 saturated carbocycles. The molecular weight excluding hydrogens is 284 g/mol. The summed E-state index contributed by atoms with van der Waals surface area (Å²) in [6.07, 6.45) is 2.02. The summed E-state index contributed by atoms with van der Waals surface area (Å²) in [5.74, 6) is 0.421. The van der Waals surface area contributed by atoms with Gasteiger partial charge in [0, 0.05) is 31.6 Å². The predicted molar refractivity (Wildman–Crippen MR) is 87.4 cm³/mol. The number of hydrogen-bond acceptors (Lipinski definition) is 2. The van der Waals surface area contributed by atoms with Crippen LogP contribution >= 0.6 is 11.6 Å². The van der Waals surface area contributed by atoms with Crippen LogP contribution in [0.1, 0.15) is 32.3 Å². The fraction of sp³-hybridized carbons (Fsp3) is 0.588. The molecule has 0 bridgehead atoms. The Balaban J connectivity index is 1.77. The average Bonchev–Trinajstić information content (AvgIpc) is 2.50. The number of alkyl halides is 1. The smallest absolute Gasteiger partial charge is 0.227 e.